The molecule has 0 saturated heterocycles. The summed E-state index contributed by atoms with van der Waals surface area (Å²) in [5.41, 5.74) is 6.13. The van der Waals surface area contributed by atoms with Crippen LogP contribution in [0, 0.1) is 11.8 Å². The fraction of sp³-hybridized carbons (Fsp3) is 0.609. The number of hydrogen-bond acceptors (Lipinski definition) is 5. The van der Waals surface area contributed by atoms with Crippen LogP contribution in [-0.2, 0) is 9.59 Å². The topological polar surface area (TPSA) is 97.0 Å². The van der Waals surface area contributed by atoms with Crippen molar-refractivity contribution in [1.29, 1.82) is 0 Å². The average Bonchev–Trinajstić information content (AvgIpc) is 3.41. The number of fused-ring (bicyclic) bond motifs is 1. The van der Waals surface area contributed by atoms with Crippen LogP contribution in [-0.4, -0.2) is 39.9 Å². The predicted octanol–water partition coefficient (Wildman–Crippen LogP) is 3.41. The van der Waals surface area contributed by atoms with Gasteiger partial charge in [-0.15, -0.1) is 0 Å². The van der Waals surface area contributed by atoms with Crippen LogP contribution in [0.2, 0.25) is 5.02 Å². The van der Waals surface area contributed by atoms with Gasteiger partial charge in [-0.25, -0.2) is 4.99 Å². The van der Waals surface area contributed by atoms with Crippen LogP contribution < -0.4 is 15.8 Å². The first kappa shape index (κ1) is 21.9. The predicted molar refractivity (Wildman–Crippen MR) is 120 cm³/mol. The molecule has 3 N–H and O–H groups in total. The van der Waals surface area contributed by atoms with E-state index in [-0.39, 0.29) is 41.7 Å². The highest BCUT2D eigenvalue weighted by molar-refractivity contribution is 6.30. The van der Waals surface area contributed by atoms with Gasteiger partial charge in [0, 0.05) is 29.0 Å². The number of nitrogens with one attached hydrogen (secondary N) is 1. The van der Waals surface area contributed by atoms with E-state index < -0.39 is 11.1 Å². The first-order valence-electron chi connectivity index (χ1n) is 10.8. The lowest BCUT2D eigenvalue weighted by atomic mass is 9.89. The Morgan fingerprint density at radius 3 is 2.74 bits per heavy atom. The van der Waals surface area contributed by atoms with Gasteiger partial charge in [-0.2, -0.15) is 0 Å². The van der Waals surface area contributed by atoms with Crippen molar-refractivity contribution in [2.24, 2.45) is 22.6 Å². The SMILES string of the molecule is C[C@H]([C@@H]1C[C@H]1C(=O)N[C@H]1CC(C)(C)Oc2ccc(Cl)cc21)N1C(=O)CC(C)(C)N=C1N. The lowest BCUT2D eigenvalue weighted by molar-refractivity contribution is -0.132. The smallest absolute Gasteiger partial charge is 0.231 e. The molecule has 4 atom stereocenters. The van der Waals surface area contributed by atoms with E-state index in [0.717, 1.165) is 17.7 Å². The summed E-state index contributed by atoms with van der Waals surface area (Å²) in [6, 6.07) is 5.16. The van der Waals surface area contributed by atoms with Crippen LogP contribution in [0.3, 0.4) is 0 Å². The molecule has 2 amide bonds. The van der Waals surface area contributed by atoms with Crippen molar-refractivity contribution < 1.29 is 14.3 Å². The van der Waals surface area contributed by atoms with Gasteiger partial charge in [0.2, 0.25) is 11.8 Å². The molecule has 4 rings (SSSR count). The van der Waals surface area contributed by atoms with Crippen molar-refractivity contribution in [3.05, 3.63) is 28.8 Å². The summed E-state index contributed by atoms with van der Waals surface area (Å²) < 4.78 is 6.06. The minimum absolute atomic E-state index is 0.00854. The fourth-order valence-corrected chi connectivity index (χ4v) is 5.08. The number of amides is 2. The second-order valence-electron chi connectivity index (χ2n) is 10.3. The summed E-state index contributed by atoms with van der Waals surface area (Å²) in [5.74, 6) is 0.855. The quantitative estimate of drug-likeness (QED) is 0.740. The molecule has 0 radical (unpaired) electrons. The molecule has 1 fully saturated rings. The number of nitrogens with two attached hydrogens (primary N) is 1. The number of aliphatic imine (C=N–C) groups is 1. The van der Waals surface area contributed by atoms with E-state index in [9.17, 15) is 9.59 Å². The Balaban J connectivity index is 1.46. The molecule has 2 heterocycles. The maximum atomic E-state index is 13.1. The van der Waals surface area contributed by atoms with E-state index in [1.165, 1.54) is 0 Å². The van der Waals surface area contributed by atoms with Crippen LogP contribution in [0.15, 0.2) is 23.2 Å². The number of ether oxygens (including phenoxy) is 1. The third kappa shape index (κ3) is 4.38. The number of halogens is 1. The first-order chi connectivity index (χ1) is 14.4. The number of carbonyl (C=O) groups is 2. The molecular formula is C23H31ClN4O3. The summed E-state index contributed by atoms with van der Waals surface area (Å²) in [4.78, 5) is 31.8. The van der Waals surface area contributed by atoms with Gasteiger partial charge in [-0.3, -0.25) is 14.5 Å². The van der Waals surface area contributed by atoms with E-state index in [1.807, 2.05) is 46.8 Å². The van der Waals surface area contributed by atoms with Crippen molar-refractivity contribution in [3.8, 4) is 5.75 Å². The maximum Gasteiger partial charge on any atom is 0.231 e. The Kier molecular flexibility index (Phi) is 5.23. The minimum atomic E-state index is -0.484. The standard InChI is InChI=1S/C23H31ClN4O3/c1-12(28-19(29)11-22(2,3)27-21(28)25)14-9-15(14)20(30)26-17-10-23(4,5)31-18-7-6-13(24)8-16(17)18/h6-8,12,14-15,17H,9-11H2,1-5H3,(H2,25,27)(H,26,30)/t12-,14+,15-,17+/m1/s1. The summed E-state index contributed by atoms with van der Waals surface area (Å²) in [7, 11) is 0. The Morgan fingerprint density at radius 1 is 1.35 bits per heavy atom. The van der Waals surface area contributed by atoms with Gasteiger partial charge >= 0.3 is 0 Å². The van der Waals surface area contributed by atoms with Gasteiger partial charge in [0.05, 0.1) is 18.0 Å². The van der Waals surface area contributed by atoms with Crippen LogP contribution >= 0.6 is 11.6 Å². The van der Waals surface area contributed by atoms with Crippen LogP contribution in [0.5, 0.6) is 5.75 Å². The largest absolute Gasteiger partial charge is 0.487 e. The van der Waals surface area contributed by atoms with E-state index in [4.69, 9.17) is 22.1 Å². The molecule has 0 bridgehead atoms. The number of carbonyl (C=O) groups excluding carboxylic acids is 2. The average molecular weight is 447 g/mol. The maximum absolute atomic E-state index is 13.1. The zero-order valence-corrected chi connectivity index (χ0v) is 19.5. The molecule has 7 nitrogen and oxygen atoms in total. The van der Waals surface area contributed by atoms with Gasteiger partial charge in [-0.1, -0.05) is 11.6 Å². The first-order valence-corrected chi connectivity index (χ1v) is 11.2. The lowest BCUT2D eigenvalue weighted by Crippen LogP contribution is -2.54. The van der Waals surface area contributed by atoms with E-state index in [0.29, 0.717) is 17.9 Å². The molecule has 31 heavy (non-hydrogen) atoms. The molecule has 1 aromatic carbocycles. The molecule has 1 aromatic rings. The molecule has 3 aliphatic rings. The second kappa shape index (κ2) is 7.40. The van der Waals surface area contributed by atoms with Crippen LogP contribution in [0.1, 0.15) is 65.5 Å². The minimum Gasteiger partial charge on any atom is -0.487 e. The van der Waals surface area contributed by atoms with Crippen molar-refractivity contribution in [2.45, 2.75) is 77.1 Å². The van der Waals surface area contributed by atoms with Crippen molar-refractivity contribution in [2.75, 3.05) is 0 Å². The highest BCUT2D eigenvalue weighted by Crippen LogP contribution is 2.46. The summed E-state index contributed by atoms with van der Waals surface area (Å²) >= 11 is 6.19. The van der Waals surface area contributed by atoms with E-state index >= 15 is 0 Å². The van der Waals surface area contributed by atoms with E-state index in [2.05, 4.69) is 10.3 Å². The summed E-state index contributed by atoms with van der Waals surface area (Å²) in [5, 5.41) is 3.81. The van der Waals surface area contributed by atoms with Gasteiger partial charge in [0.1, 0.15) is 11.4 Å². The van der Waals surface area contributed by atoms with Gasteiger partial charge < -0.3 is 15.8 Å². The molecule has 168 valence electrons. The Hall–Kier alpha value is -2.28. The highest BCUT2D eigenvalue weighted by Gasteiger charge is 2.51. The molecule has 1 saturated carbocycles. The lowest BCUT2D eigenvalue weighted by Gasteiger charge is -2.38. The zero-order chi connectivity index (χ0) is 22.7. The monoisotopic (exact) mass is 446 g/mol. The molecular weight excluding hydrogens is 416 g/mol. The Labute approximate surface area is 188 Å². The van der Waals surface area contributed by atoms with Gasteiger partial charge in [-0.05, 0) is 65.2 Å². The van der Waals surface area contributed by atoms with Gasteiger partial charge in [0.15, 0.2) is 5.96 Å². The second-order valence-corrected chi connectivity index (χ2v) is 10.7. The van der Waals surface area contributed by atoms with Crippen molar-refractivity contribution in [3.63, 3.8) is 0 Å². The summed E-state index contributed by atoms with van der Waals surface area (Å²) in [6.07, 6.45) is 1.69. The van der Waals surface area contributed by atoms with Crippen LogP contribution in [0.25, 0.3) is 0 Å². The molecule has 0 unspecified atom stereocenters. The molecule has 2 aliphatic heterocycles. The number of guanidine groups is 1. The number of rotatable bonds is 4. The van der Waals surface area contributed by atoms with Crippen LogP contribution in [0.4, 0.5) is 0 Å². The molecule has 0 aromatic heterocycles. The van der Waals surface area contributed by atoms with E-state index in [1.54, 1.807) is 11.0 Å². The fourth-order valence-electron chi connectivity index (χ4n) is 4.90. The third-order valence-electron chi connectivity index (χ3n) is 6.47. The Morgan fingerprint density at radius 2 is 2.06 bits per heavy atom. The summed E-state index contributed by atoms with van der Waals surface area (Å²) in [6.45, 7) is 9.76. The zero-order valence-electron chi connectivity index (χ0n) is 18.7. The normalized spacial score (nSPS) is 29.4. The van der Waals surface area contributed by atoms with Crippen molar-refractivity contribution >= 4 is 29.4 Å². The molecule has 0 spiro atoms. The van der Waals surface area contributed by atoms with Crippen molar-refractivity contribution in [1.82, 2.24) is 10.2 Å². The number of hydrogen-bond donors (Lipinski definition) is 2. The Bertz CT molecular complexity index is 958. The number of nitrogens with zero attached hydrogens (tertiary/aromatic N) is 2. The molecule has 8 heteroatoms. The van der Waals surface area contributed by atoms with Gasteiger partial charge in [0.25, 0.3) is 0 Å². The number of benzene rings is 1. The molecule has 1 aliphatic carbocycles. The highest BCUT2D eigenvalue weighted by atomic mass is 35.5. The third-order valence-corrected chi connectivity index (χ3v) is 6.70.